The largest absolute Gasteiger partial charge is 0.392 e. The highest BCUT2D eigenvalue weighted by Crippen LogP contribution is 2.41. The van der Waals surface area contributed by atoms with Gasteiger partial charge in [-0.2, -0.15) is 11.8 Å². The van der Waals surface area contributed by atoms with Crippen LogP contribution in [0.1, 0.15) is 31.2 Å². The van der Waals surface area contributed by atoms with Crippen molar-refractivity contribution in [3.63, 3.8) is 0 Å². The number of hydrogen-bond donors (Lipinski definition) is 1. The van der Waals surface area contributed by atoms with Crippen molar-refractivity contribution >= 4 is 11.8 Å². The SMILES string of the molecule is OC(Cc1cccnc1)C1CCOC2(CCSCC2)C1. The Balaban J connectivity index is 1.61. The lowest BCUT2D eigenvalue weighted by atomic mass is 9.78. The van der Waals surface area contributed by atoms with E-state index < -0.39 is 0 Å². The molecule has 20 heavy (non-hydrogen) atoms. The minimum absolute atomic E-state index is 0.0596. The molecule has 0 aliphatic carbocycles. The number of ether oxygens (including phenoxy) is 1. The zero-order valence-corrected chi connectivity index (χ0v) is 12.6. The van der Waals surface area contributed by atoms with E-state index in [1.165, 1.54) is 11.5 Å². The first-order chi connectivity index (χ1) is 9.77. The molecule has 2 unspecified atom stereocenters. The lowest BCUT2D eigenvalue weighted by Crippen LogP contribution is -2.45. The normalized spacial score (nSPS) is 27.4. The molecule has 1 N–H and O–H groups in total. The Kier molecular flexibility index (Phi) is 4.64. The Morgan fingerprint density at radius 2 is 2.30 bits per heavy atom. The minimum atomic E-state index is -0.269. The van der Waals surface area contributed by atoms with Gasteiger partial charge >= 0.3 is 0 Å². The number of nitrogens with zero attached hydrogens (tertiary/aromatic N) is 1. The van der Waals surface area contributed by atoms with E-state index in [1.807, 2.05) is 30.1 Å². The number of aromatic nitrogens is 1. The summed E-state index contributed by atoms with van der Waals surface area (Å²) in [7, 11) is 0. The van der Waals surface area contributed by atoms with Gasteiger partial charge in [0.1, 0.15) is 0 Å². The van der Waals surface area contributed by atoms with E-state index >= 15 is 0 Å². The summed E-state index contributed by atoms with van der Waals surface area (Å²) in [6.07, 6.45) is 8.37. The van der Waals surface area contributed by atoms with Crippen molar-refractivity contribution in [1.29, 1.82) is 0 Å². The number of hydrogen-bond acceptors (Lipinski definition) is 4. The Morgan fingerprint density at radius 3 is 3.05 bits per heavy atom. The van der Waals surface area contributed by atoms with Crippen LogP contribution in [0.25, 0.3) is 0 Å². The van der Waals surface area contributed by atoms with Crippen molar-refractivity contribution < 1.29 is 9.84 Å². The third-order valence-electron chi connectivity index (χ3n) is 4.65. The second-order valence-electron chi connectivity index (χ2n) is 6.03. The molecule has 0 aromatic carbocycles. The summed E-state index contributed by atoms with van der Waals surface area (Å²) < 4.78 is 6.10. The van der Waals surface area contributed by atoms with Crippen molar-refractivity contribution in [3.8, 4) is 0 Å². The lowest BCUT2D eigenvalue weighted by Gasteiger charge is -2.44. The molecule has 1 spiro atoms. The highest BCUT2D eigenvalue weighted by molar-refractivity contribution is 7.99. The third-order valence-corrected chi connectivity index (χ3v) is 5.63. The predicted molar refractivity (Wildman–Crippen MR) is 81.9 cm³/mol. The Labute approximate surface area is 125 Å². The first kappa shape index (κ1) is 14.4. The fraction of sp³-hybridized carbons (Fsp3) is 0.688. The zero-order chi connectivity index (χ0) is 13.8. The van der Waals surface area contributed by atoms with E-state index in [0.717, 1.165) is 37.9 Å². The molecule has 0 amide bonds. The fourth-order valence-electron chi connectivity index (χ4n) is 3.41. The first-order valence-electron chi connectivity index (χ1n) is 7.56. The van der Waals surface area contributed by atoms with Crippen LogP contribution in [0.4, 0.5) is 0 Å². The average molecular weight is 293 g/mol. The van der Waals surface area contributed by atoms with Crippen molar-refractivity contribution in [3.05, 3.63) is 30.1 Å². The summed E-state index contributed by atoms with van der Waals surface area (Å²) in [5, 5.41) is 10.6. The number of aliphatic hydroxyl groups is 1. The quantitative estimate of drug-likeness (QED) is 0.930. The highest BCUT2D eigenvalue weighted by atomic mass is 32.2. The number of thioether (sulfide) groups is 1. The summed E-state index contributed by atoms with van der Waals surface area (Å²) in [4.78, 5) is 4.13. The molecule has 4 heteroatoms. The van der Waals surface area contributed by atoms with Gasteiger partial charge in [-0.15, -0.1) is 0 Å². The number of pyridine rings is 1. The predicted octanol–water partition coefficient (Wildman–Crippen LogP) is 2.68. The molecule has 0 saturated carbocycles. The fourth-order valence-corrected chi connectivity index (χ4v) is 4.65. The highest BCUT2D eigenvalue weighted by Gasteiger charge is 2.40. The molecule has 0 bridgehead atoms. The lowest BCUT2D eigenvalue weighted by molar-refractivity contribution is -0.120. The van der Waals surface area contributed by atoms with Gasteiger partial charge < -0.3 is 9.84 Å². The maximum absolute atomic E-state index is 10.6. The summed E-state index contributed by atoms with van der Waals surface area (Å²) >= 11 is 2.02. The standard InChI is InChI=1S/C16H23NO2S/c18-15(10-13-2-1-6-17-12-13)14-3-7-19-16(11-14)4-8-20-9-5-16/h1-2,6,12,14-15,18H,3-5,7-11H2. The van der Waals surface area contributed by atoms with Crippen molar-refractivity contribution in [1.82, 2.24) is 4.98 Å². The maximum atomic E-state index is 10.6. The molecule has 2 aliphatic rings. The van der Waals surface area contributed by atoms with E-state index in [4.69, 9.17) is 4.74 Å². The maximum Gasteiger partial charge on any atom is 0.0701 e. The number of aliphatic hydroxyl groups excluding tert-OH is 1. The minimum Gasteiger partial charge on any atom is -0.392 e. The molecule has 2 saturated heterocycles. The topological polar surface area (TPSA) is 42.4 Å². The van der Waals surface area contributed by atoms with Gasteiger partial charge in [-0.25, -0.2) is 0 Å². The monoisotopic (exact) mass is 293 g/mol. The molecule has 1 aromatic rings. The molecule has 2 fully saturated rings. The molecular weight excluding hydrogens is 270 g/mol. The van der Waals surface area contributed by atoms with Crippen molar-refractivity contribution in [2.24, 2.45) is 5.92 Å². The number of rotatable bonds is 3. The van der Waals surface area contributed by atoms with Gasteiger partial charge in [0.15, 0.2) is 0 Å². The summed E-state index contributed by atoms with van der Waals surface area (Å²) in [5.41, 5.74) is 1.18. The van der Waals surface area contributed by atoms with Crippen molar-refractivity contribution in [2.45, 2.75) is 43.8 Å². The molecule has 3 heterocycles. The Morgan fingerprint density at radius 1 is 1.45 bits per heavy atom. The van der Waals surface area contributed by atoms with E-state index in [-0.39, 0.29) is 11.7 Å². The van der Waals surface area contributed by atoms with Crippen LogP contribution < -0.4 is 0 Å². The van der Waals surface area contributed by atoms with Crippen LogP contribution in [0, 0.1) is 5.92 Å². The first-order valence-corrected chi connectivity index (χ1v) is 8.72. The van der Waals surface area contributed by atoms with Crippen molar-refractivity contribution in [2.75, 3.05) is 18.1 Å². The van der Waals surface area contributed by atoms with E-state index in [1.54, 1.807) is 6.20 Å². The van der Waals surface area contributed by atoms with Gasteiger partial charge in [0.2, 0.25) is 0 Å². The zero-order valence-electron chi connectivity index (χ0n) is 11.8. The van der Waals surface area contributed by atoms with E-state index in [0.29, 0.717) is 12.3 Å². The van der Waals surface area contributed by atoms with Crippen LogP contribution in [0.5, 0.6) is 0 Å². The van der Waals surface area contributed by atoms with Gasteiger partial charge in [0.05, 0.1) is 11.7 Å². The molecule has 3 rings (SSSR count). The Hall–Kier alpha value is -0.580. The molecule has 110 valence electrons. The van der Waals surface area contributed by atoms with Gasteiger partial charge in [0, 0.05) is 25.4 Å². The summed E-state index contributed by atoms with van der Waals surface area (Å²) in [5.74, 6) is 2.77. The van der Waals surface area contributed by atoms with Crippen LogP contribution >= 0.6 is 11.8 Å². The van der Waals surface area contributed by atoms with Crippen LogP contribution in [-0.4, -0.2) is 39.9 Å². The second kappa shape index (κ2) is 6.46. The molecule has 2 atom stereocenters. The molecule has 0 radical (unpaired) electrons. The summed E-state index contributed by atoms with van der Waals surface area (Å²) in [6.45, 7) is 0.805. The third kappa shape index (κ3) is 3.35. The van der Waals surface area contributed by atoms with E-state index in [2.05, 4.69) is 4.98 Å². The van der Waals surface area contributed by atoms with Crippen LogP contribution in [-0.2, 0) is 11.2 Å². The molecule has 2 aliphatic heterocycles. The average Bonchev–Trinajstić information content (AvgIpc) is 2.49. The molecule has 1 aromatic heterocycles. The van der Waals surface area contributed by atoms with E-state index in [9.17, 15) is 5.11 Å². The summed E-state index contributed by atoms with van der Waals surface area (Å²) in [6, 6.07) is 3.98. The van der Waals surface area contributed by atoms with Crippen LogP contribution in [0.15, 0.2) is 24.5 Å². The smallest absolute Gasteiger partial charge is 0.0701 e. The Bertz CT molecular complexity index is 414. The van der Waals surface area contributed by atoms with Crippen LogP contribution in [0.3, 0.4) is 0 Å². The van der Waals surface area contributed by atoms with Gasteiger partial charge in [0.25, 0.3) is 0 Å². The van der Waals surface area contributed by atoms with Gasteiger partial charge in [-0.3, -0.25) is 4.98 Å². The van der Waals surface area contributed by atoms with Gasteiger partial charge in [-0.05, 0) is 54.7 Å². The van der Waals surface area contributed by atoms with Crippen LogP contribution in [0.2, 0.25) is 0 Å². The second-order valence-corrected chi connectivity index (χ2v) is 7.25. The molecule has 3 nitrogen and oxygen atoms in total. The van der Waals surface area contributed by atoms with Gasteiger partial charge in [-0.1, -0.05) is 6.07 Å². The molecular formula is C16H23NO2S.